The first-order valence-electron chi connectivity index (χ1n) is 11.3. The van der Waals surface area contributed by atoms with Gasteiger partial charge in [-0.2, -0.15) is 0 Å². The lowest BCUT2D eigenvalue weighted by molar-refractivity contribution is 0.126. The molecule has 1 saturated carbocycles. The largest absolute Gasteiger partial charge is 0.393 e. The molecular weight excluding hydrogens is 563 g/mol. The Hall–Kier alpha value is -3.08. The van der Waals surface area contributed by atoms with E-state index in [4.69, 9.17) is 23.2 Å². The van der Waals surface area contributed by atoms with Crippen LogP contribution in [0.5, 0.6) is 0 Å². The van der Waals surface area contributed by atoms with Crippen molar-refractivity contribution in [2.45, 2.75) is 49.3 Å². The molecule has 1 heterocycles. The summed E-state index contributed by atoms with van der Waals surface area (Å²) in [5.41, 5.74) is -1.21. The van der Waals surface area contributed by atoms with E-state index >= 15 is 4.39 Å². The quantitative estimate of drug-likeness (QED) is 0.321. The van der Waals surface area contributed by atoms with Crippen molar-refractivity contribution in [3.8, 4) is 11.8 Å². The summed E-state index contributed by atoms with van der Waals surface area (Å²) in [6, 6.07) is 4.17. The van der Waals surface area contributed by atoms with Crippen molar-refractivity contribution in [1.29, 1.82) is 0 Å². The molecule has 0 spiro atoms. The average molecular weight is 584 g/mol. The summed E-state index contributed by atoms with van der Waals surface area (Å²) < 4.78 is 57.3. The van der Waals surface area contributed by atoms with E-state index < -0.39 is 44.4 Å². The molecule has 14 heteroatoms. The summed E-state index contributed by atoms with van der Waals surface area (Å²) >= 11 is 12.0. The third kappa shape index (κ3) is 6.48. The van der Waals surface area contributed by atoms with Gasteiger partial charge in [0.25, 0.3) is 10.0 Å². The molecule has 0 radical (unpaired) electrons. The molecule has 0 aliphatic heterocycles. The minimum Gasteiger partial charge on any atom is -0.393 e. The number of hydrogen-bond acceptors (Lipinski definition) is 8. The van der Waals surface area contributed by atoms with Crippen LogP contribution in [0.2, 0.25) is 10.0 Å². The maximum absolute atomic E-state index is 15.1. The molecule has 0 saturated heterocycles. The van der Waals surface area contributed by atoms with Gasteiger partial charge in [-0.05, 0) is 61.4 Å². The summed E-state index contributed by atoms with van der Waals surface area (Å²) in [4.78, 5) is 3.61. The number of aromatic nitrogens is 3. The fourth-order valence-corrected chi connectivity index (χ4v) is 5.79. The first-order valence-corrected chi connectivity index (χ1v) is 13.6. The highest BCUT2D eigenvalue weighted by Gasteiger charge is 2.24. The van der Waals surface area contributed by atoms with Gasteiger partial charge < -0.3 is 15.5 Å². The van der Waals surface area contributed by atoms with Gasteiger partial charge in [-0.3, -0.25) is 4.72 Å². The van der Waals surface area contributed by atoms with E-state index in [1.165, 1.54) is 12.3 Å². The lowest BCUT2D eigenvalue weighted by atomic mass is 9.93. The van der Waals surface area contributed by atoms with Crippen LogP contribution in [0.1, 0.15) is 42.5 Å². The van der Waals surface area contributed by atoms with Crippen LogP contribution in [-0.2, 0) is 16.6 Å². The van der Waals surface area contributed by atoms with Gasteiger partial charge in [0.15, 0.2) is 11.5 Å². The molecule has 200 valence electrons. The van der Waals surface area contributed by atoms with Crippen LogP contribution in [0.4, 0.5) is 20.4 Å². The number of benzene rings is 2. The van der Waals surface area contributed by atoms with Gasteiger partial charge in [-0.1, -0.05) is 29.1 Å². The van der Waals surface area contributed by atoms with Gasteiger partial charge >= 0.3 is 0 Å². The summed E-state index contributed by atoms with van der Waals surface area (Å²) in [6.07, 6.45) is 3.86. The molecule has 1 aromatic heterocycles. The highest BCUT2D eigenvalue weighted by Crippen LogP contribution is 2.32. The van der Waals surface area contributed by atoms with Crippen molar-refractivity contribution in [2.75, 3.05) is 10.0 Å². The number of nitrogens with zero attached hydrogens (tertiary/aromatic N) is 3. The molecule has 1 fully saturated rings. The maximum atomic E-state index is 15.1. The summed E-state index contributed by atoms with van der Waals surface area (Å²) in [7, 11) is -4.48. The standard InChI is InChI=1S/C24H21Cl2F2N5O4S/c25-14-9-13(12-34)22(26)21(10-14)38(36,37)33-20-8-7-19(27)18(23(20)28)6-3-16-11-29-24(32-31-16)30-15-1-4-17(35)5-2-15/h7-11,15,17,33-35H,1-2,4-5,12H2,(H,29,30,32). The average Bonchev–Trinajstić information content (AvgIpc) is 2.89. The monoisotopic (exact) mass is 583 g/mol. The van der Waals surface area contributed by atoms with Crippen LogP contribution in [0.25, 0.3) is 0 Å². The lowest BCUT2D eigenvalue weighted by Gasteiger charge is -2.25. The molecule has 2 aromatic carbocycles. The van der Waals surface area contributed by atoms with Crippen molar-refractivity contribution < 1.29 is 27.4 Å². The van der Waals surface area contributed by atoms with E-state index in [1.54, 1.807) is 0 Å². The Labute approximate surface area is 227 Å². The smallest absolute Gasteiger partial charge is 0.263 e. The molecular formula is C24H21Cl2F2N5O4S. The number of sulfonamides is 1. The zero-order valence-electron chi connectivity index (χ0n) is 19.5. The van der Waals surface area contributed by atoms with Crippen LogP contribution in [0, 0.1) is 23.5 Å². The highest BCUT2D eigenvalue weighted by molar-refractivity contribution is 7.92. The molecule has 3 aromatic rings. The summed E-state index contributed by atoms with van der Waals surface area (Å²) in [5, 5.41) is 29.6. The molecule has 4 rings (SSSR count). The molecule has 1 aliphatic rings. The predicted octanol–water partition coefficient (Wildman–Crippen LogP) is 3.86. The first kappa shape index (κ1) is 27.9. The van der Waals surface area contributed by atoms with E-state index in [0.717, 1.165) is 31.0 Å². The van der Waals surface area contributed by atoms with Crippen LogP contribution < -0.4 is 10.0 Å². The Morgan fingerprint density at radius 3 is 2.47 bits per heavy atom. The topological polar surface area (TPSA) is 137 Å². The minimum absolute atomic E-state index is 0.0153. The molecule has 1 aliphatic carbocycles. The summed E-state index contributed by atoms with van der Waals surface area (Å²) in [6.45, 7) is -0.577. The molecule has 4 N–H and O–H groups in total. The zero-order chi connectivity index (χ0) is 27.4. The second-order valence-electron chi connectivity index (χ2n) is 8.49. The van der Waals surface area contributed by atoms with E-state index in [1.807, 2.05) is 4.72 Å². The van der Waals surface area contributed by atoms with Crippen molar-refractivity contribution in [1.82, 2.24) is 15.2 Å². The zero-order valence-corrected chi connectivity index (χ0v) is 21.9. The van der Waals surface area contributed by atoms with Crippen molar-refractivity contribution in [3.63, 3.8) is 0 Å². The molecule has 9 nitrogen and oxygen atoms in total. The van der Waals surface area contributed by atoms with Crippen molar-refractivity contribution in [2.24, 2.45) is 0 Å². The summed E-state index contributed by atoms with van der Waals surface area (Å²) in [5.74, 6) is 2.73. The number of hydrogen-bond donors (Lipinski definition) is 4. The van der Waals surface area contributed by atoms with Crippen LogP contribution in [-0.4, -0.2) is 46.0 Å². The second kappa shape index (κ2) is 11.8. The SMILES string of the molecule is O=S(=O)(Nc1ccc(F)c(C#Cc2cnc(NC3CCC(O)CC3)nn2)c1F)c1cc(Cl)cc(CO)c1Cl. The number of aliphatic hydroxyl groups is 2. The van der Waals surface area contributed by atoms with E-state index in [0.29, 0.717) is 12.8 Å². The van der Waals surface area contributed by atoms with Crippen LogP contribution >= 0.6 is 23.2 Å². The molecule has 0 amide bonds. The van der Waals surface area contributed by atoms with Crippen molar-refractivity contribution >= 4 is 44.9 Å². The van der Waals surface area contributed by atoms with E-state index in [2.05, 4.69) is 32.3 Å². The first-order chi connectivity index (χ1) is 18.1. The van der Waals surface area contributed by atoms with Gasteiger partial charge in [0.2, 0.25) is 5.95 Å². The van der Waals surface area contributed by atoms with Crippen LogP contribution in [0.15, 0.2) is 35.4 Å². The van der Waals surface area contributed by atoms with Gasteiger partial charge in [0.1, 0.15) is 10.7 Å². The number of halogens is 4. The Kier molecular flexibility index (Phi) is 8.64. The Balaban J connectivity index is 1.54. The number of nitrogens with one attached hydrogen (secondary N) is 2. The lowest BCUT2D eigenvalue weighted by Crippen LogP contribution is -2.29. The second-order valence-corrected chi connectivity index (χ2v) is 11.0. The van der Waals surface area contributed by atoms with E-state index in [-0.39, 0.29) is 39.4 Å². The highest BCUT2D eigenvalue weighted by atomic mass is 35.5. The Bertz CT molecular complexity index is 1510. The minimum atomic E-state index is -4.48. The van der Waals surface area contributed by atoms with E-state index in [9.17, 15) is 23.0 Å². The third-order valence-electron chi connectivity index (χ3n) is 5.78. The maximum Gasteiger partial charge on any atom is 0.263 e. The normalized spacial score (nSPS) is 17.4. The Morgan fingerprint density at radius 1 is 1.08 bits per heavy atom. The van der Waals surface area contributed by atoms with Gasteiger partial charge in [0.05, 0.1) is 35.2 Å². The number of anilines is 2. The fourth-order valence-electron chi connectivity index (χ4n) is 3.80. The predicted molar refractivity (Wildman–Crippen MR) is 137 cm³/mol. The van der Waals surface area contributed by atoms with Crippen LogP contribution in [0.3, 0.4) is 0 Å². The van der Waals surface area contributed by atoms with Gasteiger partial charge in [-0.25, -0.2) is 22.2 Å². The molecule has 0 bridgehead atoms. The third-order valence-corrected chi connectivity index (χ3v) is 7.95. The fraction of sp³-hybridized carbons (Fsp3) is 0.292. The molecule has 0 unspecified atom stereocenters. The Morgan fingerprint density at radius 2 is 1.82 bits per heavy atom. The van der Waals surface area contributed by atoms with Gasteiger partial charge in [-0.15, -0.1) is 10.2 Å². The molecule has 0 atom stereocenters. The number of rotatable bonds is 6. The molecule has 38 heavy (non-hydrogen) atoms. The van der Waals surface area contributed by atoms with Crippen molar-refractivity contribution in [3.05, 3.63) is 69.0 Å². The van der Waals surface area contributed by atoms with Gasteiger partial charge in [0, 0.05) is 11.1 Å². The number of aliphatic hydroxyl groups excluding tert-OH is 2.